The van der Waals surface area contributed by atoms with Crippen molar-refractivity contribution in [3.8, 4) is 0 Å². The van der Waals surface area contributed by atoms with Crippen LogP contribution in [0.1, 0.15) is 45.5 Å². The smallest absolute Gasteiger partial charge is 0.237 e. The Morgan fingerprint density at radius 2 is 1.30 bits per heavy atom. The van der Waals surface area contributed by atoms with Gasteiger partial charge in [-0.05, 0) is 30.4 Å². The van der Waals surface area contributed by atoms with Crippen molar-refractivity contribution in [1.29, 1.82) is 0 Å². The predicted molar refractivity (Wildman–Crippen MR) is 106 cm³/mol. The zero-order valence-corrected chi connectivity index (χ0v) is 16.8. The fourth-order valence-electron chi connectivity index (χ4n) is 3.15. The summed E-state index contributed by atoms with van der Waals surface area (Å²) in [4.78, 5) is 29.6. The Bertz CT molecular complexity index is 583. The van der Waals surface area contributed by atoms with Gasteiger partial charge in [0.25, 0.3) is 0 Å². The molecule has 1 aliphatic rings. The van der Waals surface area contributed by atoms with E-state index in [-0.39, 0.29) is 35.7 Å². The van der Waals surface area contributed by atoms with Gasteiger partial charge in [-0.1, -0.05) is 33.8 Å². The topological polar surface area (TPSA) is 95.2 Å². The second-order valence-corrected chi connectivity index (χ2v) is 7.76. The van der Waals surface area contributed by atoms with Crippen molar-refractivity contribution < 1.29 is 9.59 Å². The SMILES string of the molecule is CC(C)C1NCc2cccc(n2)CN[C@@H](C(C)C)C(=O)NCCCNC1=O. The van der Waals surface area contributed by atoms with Gasteiger partial charge in [-0.2, -0.15) is 0 Å². The lowest BCUT2D eigenvalue weighted by atomic mass is 10.0. The molecule has 2 bridgehead atoms. The van der Waals surface area contributed by atoms with Crippen LogP contribution in [0.3, 0.4) is 0 Å². The van der Waals surface area contributed by atoms with Gasteiger partial charge in [-0.25, -0.2) is 0 Å². The van der Waals surface area contributed by atoms with Gasteiger partial charge in [0.15, 0.2) is 0 Å². The van der Waals surface area contributed by atoms with Crippen molar-refractivity contribution in [1.82, 2.24) is 26.3 Å². The fourth-order valence-corrected chi connectivity index (χ4v) is 3.15. The van der Waals surface area contributed by atoms with Crippen LogP contribution in [0.5, 0.6) is 0 Å². The number of hydrogen-bond donors (Lipinski definition) is 4. The molecule has 0 aliphatic carbocycles. The van der Waals surface area contributed by atoms with E-state index >= 15 is 0 Å². The normalized spacial score (nSPS) is 23.2. The molecule has 7 heteroatoms. The third kappa shape index (κ3) is 6.59. The molecule has 2 amide bonds. The minimum absolute atomic E-state index is 0.0127. The first-order valence-electron chi connectivity index (χ1n) is 9.85. The first-order valence-corrected chi connectivity index (χ1v) is 9.85. The van der Waals surface area contributed by atoms with Crippen molar-refractivity contribution >= 4 is 11.8 Å². The number of carbonyl (C=O) groups is 2. The first kappa shape index (κ1) is 21.3. The van der Waals surface area contributed by atoms with Crippen molar-refractivity contribution in [3.63, 3.8) is 0 Å². The summed E-state index contributed by atoms with van der Waals surface area (Å²) in [5.41, 5.74) is 1.76. The Kier molecular flexibility index (Phi) is 8.19. The average Bonchev–Trinajstić information content (AvgIpc) is 2.60. The van der Waals surface area contributed by atoms with Crippen LogP contribution in [0, 0.1) is 11.8 Å². The molecule has 150 valence electrons. The molecule has 27 heavy (non-hydrogen) atoms. The lowest BCUT2D eigenvalue weighted by Crippen LogP contribution is -2.49. The number of amides is 2. The largest absolute Gasteiger partial charge is 0.355 e. The molecule has 0 fully saturated rings. The highest BCUT2D eigenvalue weighted by Crippen LogP contribution is 2.07. The maximum absolute atomic E-state index is 12.5. The van der Waals surface area contributed by atoms with Crippen LogP contribution >= 0.6 is 0 Å². The Hall–Kier alpha value is -1.99. The molecule has 2 atom stereocenters. The van der Waals surface area contributed by atoms with E-state index in [1.807, 2.05) is 45.9 Å². The highest BCUT2D eigenvalue weighted by atomic mass is 16.2. The van der Waals surface area contributed by atoms with E-state index in [0.717, 1.165) is 11.4 Å². The second-order valence-electron chi connectivity index (χ2n) is 7.76. The molecule has 1 aliphatic heterocycles. The fraction of sp³-hybridized carbons (Fsp3) is 0.650. The number of aromatic nitrogens is 1. The monoisotopic (exact) mass is 375 g/mol. The highest BCUT2D eigenvalue weighted by molar-refractivity contribution is 5.82. The molecule has 2 rings (SSSR count). The molecule has 7 nitrogen and oxygen atoms in total. The lowest BCUT2D eigenvalue weighted by Gasteiger charge is -2.23. The van der Waals surface area contributed by atoms with E-state index in [1.165, 1.54) is 0 Å². The van der Waals surface area contributed by atoms with Crippen molar-refractivity contribution in [2.45, 2.75) is 59.3 Å². The van der Waals surface area contributed by atoms with Gasteiger partial charge in [-0.15, -0.1) is 0 Å². The van der Waals surface area contributed by atoms with E-state index in [1.54, 1.807) is 0 Å². The summed E-state index contributed by atoms with van der Waals surface area (Å²) in [6, 6.07) is 5.30. The maximum Gasteiger partial charge on any atom is 0.237 e. The van der Waals surface area contributed by atoms with Gasteiger partial charge < -0.3 is 10.6 Å². The molecule has 1 unspecified atom stereocenters. The third-order valence-electron chi connectivity index (χ3n) is 4.72. The van der Waals surface area contributed by atoms with Crippen LogP contribution in [-0.2, 0) is 22.7 Å². The molecule has 0 saturated carbocycles. The van der Waals surface area contributed by atoms with E-state index in [0.29, 0.717) is 32.6 Å². The van der Waals surface area contributed by atoms with Gasteiger partial charge >= 0.3 is 0 Å². The second kappa shape index (κ2) is 10.4. The molecule has 1 aromatic heterocycles. The molecule has 4 N–H and O–H groups in total. The Balaban J connectivity index is 2.17. The van der Waals surface area contributed by atoms with Crippen LogP contribution in [0.25, 0.3) is 0 Å². The molecule has 1 aromatic rings. The van der Waals surface area contributed by atoms with Crippen LogP contribution < -0.4 is 21.3 Å². The summed E-state index contributed by atoms with van der Waals surface area (Å²) in [6.45, 7) is 10.2. The molecular weight excluding hydrogens is 342 g/mol. The van der Waals surface area contributed by atoms with Gasteiger partial charge in [0, 0.05) is 26.2 Å². The number of fused-ring (bicyclic) bond motifs is 2. The Labute approximate surface area is 162 Å². The molecular formula is C20H33N5O2. The number of hydrogen-bond acceptors (Lipinski definition) is 5. The van der Waals surface area contributed by atoms with Crippen LogP contribution in [0.4, 0.5) is 0 Å². The van der Waals surface area contributed by atoms with Crippen molar-refractivity contribution in [2.24, 2.45) is 11.8 Å². The summed E-state index contributed by atoms with van der Waals surface area (Å²) in [7, 11) is 0. The average molecular weight is 376 g/mol. The number of carbonyl (C=O) groups excluding carboxylic acids is 2. The Morgan fingerprint density at radius 1 is 0.852 bits per heavy atom. The van der Waals surface area contributed by atoms with Crippen LogP contribution in [0.15, 0.2) is 18.2 Å². The van der Waals surface area contributed by atoms with Gasteiger partial charge in [-0.3, -0.25) is 25.2 Å². The summed E-state index contributed by atoms with van der Waals surface area (Å²) in [6.07, 6.45) is 0.702. The van der Waals surface area contributed by atoms with Gasteiger partial charge in [0.1, 0.15) is 0 Å². The minimum atomic E-state index is -0.276. The third-order valence-corrected chi connectivity index (χ3v) is 4.72. The quantitative estimate of drug-likeness (QED) is 0.617. The van der Waals surface area contributed by atoms with Crippen molar-refractivity contribution in [2.75, 3.05) is 13.1 Å². The molecule has 0 aromatic carbocycles. The number of pyridine rings is 1. The standard InChI is InChI=1S/C20H33N5O2/c1-13(2)17-19(26)21-9-6-10-22-20(27)18(14(3)4)24-12-16-8-5-7-15(25-16)11-23-17/h5,7-8,13-14,17-18,23-24H,6,9-12H2,1-4H3,(H,21,26)(H,22,27)/t17-,18?/m0/s1. The summed E-state index contributed by atoms with van der Waals surface area (Å²) >= 11 is 0. The van der Waals surface area contributed by atoms with Gasteiger partial charge in [0.2, 0.25) is 11.8 Å². The van der Waals surface area contributed by atoms with E-state index in [2.05, 4.69) is 26.3 Å². The van der Waals surface area contributed by atoms with Crippen LogP contribution in [0.2, 0.25) is 0 Å². The number of nitrogens with one attached hydrogen (secondary N) is 4. The molecule has 0 saturated heterocycles. The molecule has 0 spiro atoms. The summed E-state index contributed by atoms with van der Waals surface area (Å²) < 4.78 is 0. The number of rotatable bonds is 2. The molecule has 2 heterocycles. The van der Waals surface area contributed by atoms with E-state index < -0.39 is 0 Å². The summed E-state index contributed by atoms with van der Waals surface area (Å²) in [5, 5.41) is 12.6. The Morgan fingerprint density at radius 3 is 1.70 bits per heavy atom. The van der Waals surface area contributed by atoms with Gasteiger partial charge in [0.05, 0.1) is 23.5 Å². The first-order chi connectivity index (χ1) is 12.9. The predicted octanol–water partition coefficient (Wildman–Crippen LogP) is 0.946. The van der Waals surface area contributed by atoms with E-state index in [9.17, 15) is 9.59 Å². The zero-order valence-electron chi connectivity index (χ0n) is 16.8. The van der Waals surface area contributed by atoms with E-state index in [4.69, 9.17) is 0 Å². The zero-order chi connectivity index (χ0) is 19.8. The number of nitrogens with zero attached hydrogens (tertiary/aromatic N) is 1. The summed E-state index contributed by atoms with van der Waals surface area (Å²) in [5.74, 6) is 0.308. The van der Waals surface area contributed by atoms with Crippen molar-refractivity contribution in [3.05, 3.63) is 29.6 Å². The lowest BCUT2D eigenvalue weighted by molar-refractivity contribution is -0.124. The minimum Gasteiger partial charge on any atom is -0.355 e. The maximum atomic E-state index is 12.5. The van der Waals surface area contributed by atoms with Crippen LogP contribution in [-0.4, -0.2) is 42.0 Å². The highest BCUT2D eigenvalue weighted by Gasteiger charge is 2.23. The molecule has 0 radical (unpaired) electrons.